The van der Waals surface area contributed by atoms with Crippen molar-refractivity contribution >= 4 is 0 Å². The van der Waals surface area contributed by atoms with Crippen molar-refractivity contribution in [3.05, 3.63) is 0 Å². The summed E-state index contributed by atoms with van der Waals surface area (Å²) in [6, 6.07) is 0. The number of hydrogen-bond acceptors (Lipinski definition) is 4. The molecular weight excluding hydrogens is 172 g/mol. The molecule has 0 fully saturated rings. The molecule has 0 aliphatic heterocycles. The van der Waals surface area contributed by atoms with E-state index < -0.39 is 12.5 Å². The minimum absolute atomic E-state index is 0. The zero-order valence-electron chi connectivity index (χ0n) is 5.51. The van der Waals surface area contributed by atoms with E-state index in [0.717, 1.165) is 0 Å². The van der Waals surface area contributed by atoms with Gasteiger partial charge in [-0.05, 0) is 13.8 Å². The van der Waals surface area contributed by atoms with E-state index in [-0.39, 0.29) is 17.1 Å². The molecule has 0 saturated carbocycles. The van der Waals surface area contributed by atoms with Gasteiger partial charge in [-0.25, -0.2) is 0 Å². The van der Waals surface area contributed by atoms with Gasteiger partial charge in [0.15, 0.2) is 0 Å². The van der Waals surface area contributed by atoms with Crippen molar-refractivity contribution in [1.29, 1.82) is 0 Å². The number of nitrogens with two attached hydrogens (primary N) is 2. The van der Waals surface area contributed by atoms with E-state index in [1.807, 2.05) is 0 Å². The van der Waals surface area contributed by atoms with Crippen LogP contribution in [-0.2, 0) is 17.1 Å². The normalized spacial score (nSPS) is 14.0. The first-order valence-electron chi connectivity index (χ1n) is 2.34. The quantitative estimate of drug-likeness (QED) is 0.275. The Labute approximate surface area is 65.7 Å². The van der Waals surface area contributed by atoms with E-state index >= 15 is 0 Å². The van der Waals surface area contributed by atoms with Crippen LogP contribution in [0, 0.1) is 0 Å². The summed E-state index contributed by atoms with van der Waals surface area (Å²) in [5.74, 6) is 0. The molecule has 63 valence electrons. The van der Waals surface area contributed by atoms with Gasteiger partial charge in [0.05, 0.1) is 12.5 Å². The summed E-state index contributed by atoms with van der Waals surface area (Å²) < 4.78 is 0. The number of aliphatic hydroxyl groups excluding tert-OH is 2. The summed E-state index contributed by atoms with van der Waals surface area (Å²) in [5.41, 5.74) is 9.33. The molecule has 0 aliphatic carbocycles. The van der Waals surface area contributed by atoms with Crippen molar-refractivity contribution in [2.75, 3.05) is 0 Å². The molecule has 1 radical (unpaired) electrons. The standard InChI is InChI=1S/2C2H7NO.Cu/c2*1-2(3)4;/h2*2,4H,3H2,1H3;. The van der Waals surface area contributed by atoms with Crippen LogP contribution in [0.25, 0.3) is 0 Å². The van der Waals surface area contributed by atoms with E-state index in [4.69, 9.17) is 10.2 Å². The average Bonchev–Trinajstić information content (AvgIpc) is 1.25. The third kappa shape index (κ3) is 2620. The van der Waals surface area contributed by atoms with Crippen LogP contribution in [0.15, 0.2) is 0 Å². The van der Waals surface area contributed by atoms with Crippen LogP contribution < -0.4 is 11.5 Å². The summed E-state index contributed by atoms with van der Waals surface area (Å²) in [6.45, 7) is 3.00. The molecule has 0 rings (SSSR count). The Balaban J connectivity index is -0.0000000720. The third-order valence-corrected chi connectivity index (χ3v) is 0. The Morgan fingerprint density at radius 2 is 1.00 bits per heavy atom. The van der Waals surface area contributed by atoms with Gasteiger partial charge in [0, 0.05) is 17.1 Å². The Kier molecular flexibility index (Phi) is 20.1. The first-order valence-corrected chi connectivity index (χ1v) is 2.34. The minimum Gasteiger partial charge on any atom is -0.379 e. The van der Waals surface area contributed by atoms with Gasteiger partial charge < -0.3 is 21.7 Å². The summed E-state index contributed by atoms with van der Waals surface area (Å²) in [6.07, 6.45) is -1.33. The van der Waals surface area contributed by atoms with Crippen molar-refractivity contribution in [3.8, 4) is 0 Å². The van der Waals surface area contributed by atoms with Crippen molar-refractivity contribution in [2.24, 2.45) is 11.5 Å². The summed E-state index contributed by atoms with van der Waals surface area (Å²) >= 11 is 0. The van der Waals surface area contributed by atoms with E-state index in [9.17, 15) is 0 Å². The van der Waals surface area contributed by atoms with Gasteiger partial charge in [0.25, 0.3) is 0 Å². The van der Waals surface area contributed by atoms with Crippen molar-refractivity contribution in [2.45, 2.75) is 26.3 Å². The molecule has 9 heavy (non-hydrogen) atoms. The van der Waals surface area contributed by atoms with E-state index in [1.165, 1.54) is 13.8 Å². The Hall–Kier alpha value is 0.359. The van der Waals surface area contributed by atoms with E-state index in [2.05, 4.69) is 11.5 Å². The molecular formula is C4H14CuN2O2. The molecule has 0 amide bonds. The van der Waals surface area contributed by atoms with Gasteiger partial charge in [-0.2, -0.15) is 0 Å². The molecule has 6 N–H and O–H groups in total. The summed E-state index contributed by atoms with van der Waals surface area (Å²) in [5, 5.41) is 15.7. The molecule has 0 aromatic carbocycles. The van der Waals surface area contributed by atoms with Crippen molar-refractivity contribution in [3.63, 3.8) is 0 Å². The van der Waals surface area contributed by atoms with E-state index in [1.54, 1.807) is 0 Å². The van der Waals surface area contributed by atoms with Crippen molar-refractivity contribution < 1.29 is 27.3 Å². The molecule has 0 aromatic heterocycles. The Bertz CT molecular complexity index is 32.0. The molecule has 0 bridgehead atoms. The molecule has 2 unspecified atom stereocenters. The largest absolute Gasteiger partial charge is 0.379 e. The first kappa shape index (κ1) is 16.2. The first-order chi connectivity index (χ1) is 3.46. The Morgan fingerprint density at radius 3 is 1.00 bits per heavy atom. The van der Waals surface area contributed by atoms with Crippen LogP contribution in [0.3, 0.4) is 0 Å². The molecule has 2 atom stereocenters. The SMILES string of the molecule is CC(N)O.CC(N)O.[Cu]. The monoisotopic (exact) mass is 185 g/mol. The third-order valence-electron chi connectivity index (χ3n) is 0. The fourth-order valence-corrected chi connectivity index (χ4v) is 0. The van der Waals surface area contributed by atoms with Gasteiger partial charge >= 0.3 is 0 Å². The van der Waals surface area contributed by atoms with Crippen LogP contribution in [-0.4, -0.2) is 22.7 Å². The second kappa shape index (κ2) is 11.2. The zero-order chi connectivity index (χ0) is 7.15. The molecule has 0 heterocycles. The maximum atomic E-state index is 7.83. The fourth-order valence-electron chi connectivity index (χ4n) is 0. The van der Waals surface area contributed by atoms with Crippen LogP contribution in [0.1, 0.15) is 13.8 Å². The zero-order valence-corrected chi connectivity index (χ0v) is 6.45. The summed E-state index contributed by atoms with van der Waals surface area (Å²) in [7, 11) is 0. The number of hydrogen-bond donors (Lipinski definition) is 4. The van der Waals surface area contributed by atoms with Gasteiger partial charge in [0.1, 0.15) is 0 Å². The summed E-state index contributed by atoms with van der Waals surface area (Å²) in [4.78, 5) is 0. The van der Waals surface area contributed by atoms with Gasteiger partial charge in [0.2, 0.25) is 0 Å². The smallest absolute Gasteiger partial charge is 0.0991 e. The number of rotatable bonds is 0. The average molecular weight is 186 g/mol. The molecule has 5 heteroatoms. The van der Waals surface area contributed by atoms with Gasteiger partial charge in [-0.15, -0.1) is 0 Å². The minimum atomic E-state index is -0.667. The predicted octanol–water partition coefficient (Wildman–Crippen LogP) is -1.44. The second-order valence-corrected chi connectivity index (χ2v) is 1.48. The molecule has 0 spiro atoms. The molecule has 0 saturated heterocycles. The van der Waals surface area contributed by atoms with Crippen LogP contribution in [0.2, 0.25) is 0 Å². The van der Waals surface area contributed by atoms with Crippen LogP contribution >= 0.6 is 0 Å². The number of aliphatic hydroxyl groups is 2. The molecule has 0 aromatic rings. The second-order valence-electron chi connectivity index (χ2n) is 1.48. The molecule has 0 aliphatic rings. The maximum Gasteiger partial charge on any atom is 0.0991 e. The van der Waals surface area contributed by atoms with Gasteiger partial charge in [-0.1, -0.05) is 0 Å². The topological polar surface area (TPSA) is 92.5 Å². The maximum absolute atomic E-state index is 7.83. The van der Waals surface area contributed by atoms with E-state index in [0.29, 0.717) is 0 Å². The Morgan fingerprint density at radius 1 is 1.00 bits per heavy atom. The van der Waals surface area contributed by atoms with Crippen molar-refractivity contribution in [1.82, 2.24) is 0 Å². The van der Waals surface area contributed by atoms with Gasteiger partial charge in [-0.3, -0.25) is 0 Å². The van der Waals surface area contributed by atoms with Crippen LogP contribution in [0.5, 0.6) is 0 Å². The molecule has 4 nitrogen and oxygen atoms in total. The fraction of sp³-hybridized carbons (Fsp3) is 1.00. The predicted molar refractivity (Wildman–Crippen MR) is 31.7 cm³/mol. The van der Waals surface area contributed by atoms with Crippen LogP contribution in [0.4, 0.5) is 0 Å².